The molecular formula is C8H9FN3O3+. The highest BCUT2D eigenvalue weighted by Crippen LogP contribution is 2.18. The molecule has 1 aromatic rings. The van der Waals surface area contributed by atoms with Crippen LogP contribution in [0.3, 0.4) is 0 Å². The molecule has 0 aliphatic rings. The molecule has 0 aliphatic heterocycles. The average molecular weight is 214 g/mol. The molecule has 6 nitrogen and oxygen atoms in total. The Kier molecular flexibility index (Phi) is 3.17. The third kappa shape index (κ3) is 2.19. The Bertz CT molecular complexity index is 420. The summed E-state index contributed by atoms with van der Waals surface area (Å²) < 4.78 is 13.3. The van der Waals surface area contributed by atoms with E-state index in [4.69, 9.17) is 10.9 Å². The Morgan fingerprint density at radius 2 is 2.33 bits per heavy atom. The summed E-state index contributed by atoms with van der Waals surface area (Å²) in [6, 6.07) is 3.46. The van der Waals surface area contributed by atoms with Gasteiger partial charge in [-0.3, -0.25) is 0 Å². The van der Waals surface area contributed by atoms with Crippen molar-refractivity contribution in [2.24, 2.45) is 10.9 Å². The molecule has 3 N–H and O–H groups in total. The molecule has 80 valence electrons. The number of hydrogen-bond acceptors (Lipinski definition) is 4. The minimum Gasteiger partial charge on any atom is -0.409 e. The molecule has 0 bridgehead atoms. The van der Waals surface area contributed by atoms with Crippen LogP contribution in [0.4, 0.5) is 10.1 Å². The van der Waals surface area contributed by atoms with E-state index in [0.717, 1.165) is 13.2 Å². The number of nitrogens with two attached hydrogens (primary N) is 1. The third-order valence-electron chi connectivity index (χ3n) is 1.71. The Balaban J connectivity index is 3.14. The zero-order valence-corrected chi connectivity index (χ0v) is 7.85. The fourth-order valence-corrected chi connectivity index (χ4v) is 0.970. The minimum atomic E-state index is -0.823. The summed E-state index contributed by atoms with van der Waals surface area (Å²) in [7, 11) is 1.11. The normalized spacial score (nSPS) is 11.2. The number of benzene rings is 1. The zero-order valence-electron chi connectivity index (χ0n) is 7.85. The highest BCUT2D eigenvalue weighted by Gasteiger charge is 2.21. The Morgan fingerprint density at radius 1 is 1.67 bits per heavy atom. The first-order valence-electron chi connectivity index (χ1n) is 3.89. The Morgan fingerprint density at radius 3 is 2.80 bits per heavy atom. The SMILES string of the molecule is CO[N+](=O)c1ccc(/C(N)=N/O)cc1F. The van der Waals surface area contributed by atoms with Crippen molar-refractivity contribution in [1.29, 1.82) is 0 Å². The van der Waals surface area contributed by atoms with E-state index < -0.39 is 5.82 Å². The smallest absolute Gasteiger partial charge is 0.352 e. The van der Waals surface area contributed by atoms with Crippen molar-refractivity contribution in [2.75, 3.05) is 7.11 Å². The van der Waals surface area contributed by atoms with E-state index in [1.807, 2.05) is 0 Å². The van der Waals surface area contributed by atoms with Gasteiger partial charge in [-0.2, -0.15) is 4.39 Å². The van der Waals surface area contributed by atoms with Gasteiger partial charge in [-0.25, -0.2) is 4.84 Å². The fourth-order valence-electron chi connectivity index (χ4n) is 0.970. The van der Waals surface area contributed by atoms with Crippen LogP contribution in [-0.4, -0.2) is 23.1 Å². The summed E-state index contributed by atoms with van der Waals surface area (Å²) in [5.74, 6) is -1.06. The molecule has 0 aromatic heterocycles. The maximum atomic E-state index is 13.3. The van der Waals surface area contributed by atoms with Crippen molar-refractivity contribution in [1.82, 2.24) is 0 Å². The molecule has 0 unspecified atom stereocenters. The lowest BCUT2D eigenvalue weighted by atomic mass is 10.2. The minimum absolute atomic E-state index is 0.0192. The van der Waals surface area contributed by atoms with Crippen LogP contribution in [0.5, 0.6) is 0 Å². The van der Waals surface area contributed by atoms with Gasteiger partial charge >= 0.3 is 5.69 Å². The summed E-state index contributed by atoms with van der Waals surface area (Å²) >= 11 is 0. The Labute approximate surface area is 84.3 Å². The predicted octanol–water partition coefficient (Wildman–Crippen LogP) is 0.892. The highest BCUT2D eigenvalue weighted by atomic mass is 19.1. The monoisotopic (exact) mass is 214 g/mol. The second-order valence-electron chi connectivity index (χ2n) is 2.59. The van der Waals surface area contributed by atoms with Crippen LogP contribution in [0.1, 0.15) is 5.56 Å². The maximum absolute atomic E-state index is 13.3. The number of oxime groups is 1. The average Bonchev–Trinajstić information content (AvgIpc) is 2.26. The summed E-state index contributed by atoms with van der Waals surface area (Å²) in [5, 5.41) is 11.0. The van der Waals surface area contributed by atoms with Gasteiger partial charge in [0, 0.05) is 11.6 Å². The molecular weight excluding hydrogens is 205 g/mol. The first kappa shape index (κ1) is 10.9. The van der Waals surface area contributed by atoms with Crippen LogP contribution in [-0.2, 0) is 4.84 Å². The van der Waals surface area contributed by atoms with Crippen molar-refractivity contribution < 1.29 is 19.4 Å². The van der Waals surface area contributed by atoms with E-state index >= 15 is 0 Å². The first-order chi connectivity index (χ1) is 7.10. The van der Waals surface area contributed by atoms with Crippen molar-refractivity contribution in [2.45, 2.75) is 0 Å². The van der Waals surface area contributed by atoms with Crippen LogP contribution in [0.2, 0.25) is 0 Å². The summed E-state index contributed by atoms with van der Waals surface area (Å²) in [6.07, 6.45) is 0. The van der Waals surface area contributed by atoms with Crippen LogP contribution in [0.25, 0.3) is 0 Å². The van der Waals surface area contributed by atoms with Gasteiger partial charge in [0.1, 0.15) is 0 Å². The quantitative estimate of drug-likeness (QED) is 0.338. The molecule has 0 saturated heterocycles. The van der Waals surface area contributed by atoms with Crippen LogP contribution < -0.4 is 5.73 Å². The molecule has 15 heavy (non-hydrogen) atoms. The van der Waals surface area contributed by atoms with E-state index in [1.165, 1.54) is 12.1 Å². The molecule has 0 heterocycles. The number of nitrogens with zero attached hydrogens (tertiary/aromatic N) is 2. The predicted molar refractivity (Wildman–Crippen MR) is 49.2 cm³/mol. The van der Waals surface area contributed by atoms with E-state index in [2.05, 4.69) is 9.99 Å². The van der Waals surface area contributed by atoms with Crippen molar-refractivity contribution in [3.8, 4) is 0 Å². The topological polar surface area (TPSA) is 87.9 Å². The molecule has 0 spiro atoms. The molecule has 1 aromatic carbocycles. The molecule has 0 amide bonds. The standard InChI is InChI=1S/C8H8FN3O3/c1-15-12(14)7-3-2-5(4-6(7)9)8(10)11-13/h2-4H,1H3,(H2-,10,11,13)/p+1. The number of halogens is 1. The van der Waals surface area contributed by atoms with Gasteiger partial charge in [-0.15, -0.1) is 0 Å². The molecule has 0 saturated carbocycles. The second-order valence-corrected chi connectivity index (χ2v) is 2.59. The molecule has 0 atom stereocenters. The molecule has 0 fully saturated rings. The lowest BCUT2D eigenvalue weighted by Crippen LogP contribution is -2.13. The van der Waals surface area contributed by atoms with Gasteiger partial charge in [0.2, 0.25) is 5.82 Å². The molecule has 0 aliphatic carbocycles. The molecule has 7 heteroatoms. The summed E-state index contributed by atoms with van der Waals surface area (Å²) in [6.45, 7) is 0. The van der Waals surface area contributed by atoms with Crippen molar-refractivity contribution in [3.63, 3.8) is 0 Å². The maximum Gasteiger partial charge on any atom is 0.352 e. The highest BCUT2D eigenvalue weighted by molar-refractivity contribution is 5.97. The van der Waals surface area contributed by atoms with Gasteiger partial charge in [0.15, 0.2) is 12.9 Å². The van der Waals surface area contributed by atoms with Gasteiger partial charge < -0.3 is 10.9 Å². The number of hydrogen-bond donors (Lipinski definition) is 2. The van der Waals surface area contributed by atoms with Gasteiger partial charge in [-0.05, 0) is 12.1 Å². The summed E-state index contributed by atoms with van der Waals surface area (Å²) in [4.78, 5) is 15.2. The van der Waals surface area contributed by atoms with Gasteiger partial charge in [0.25, 0.3) is 4.92 Å². The lowest BCUT2D eigenvalue weighted by molar-refractivity contribution is -0.737. The van der Waals surface area contributed by atoms with E-state index in [0.29, 0.717) is 0 Å². The Hall–Kier alpha value is -2.18. The third-order valence-corrected chi connectivity index (χ3v) is 1.71. The van der Waals surface area contributed by atoms with Crippen LogP contribution in [0.15, 0.2) is 23.4 Å². The lowest BCUT2D eigenvalue weighted by Gasteiger charge is -1.97. The molecule has 1 rings (SSSR count). The largest absolute Gasteiger partial charge is 0.409 e. The van der Waals surface area contributed by atoms with Crippen LogP contribution >= 0.6 is 0 Å². The van der Waals surface area contributed by atoms with Gasteiger partial charge in [-0.1, -0.05) is 5.16 Å². The van der Waals surface area contributed by atoms with Crippen molar-refractivity contribution in [3.05, 3.63) is 34.5 Å². The summed E-state index contributed by atoms with van der Waals surface area (Å²) in [5.41, 5.74) is 5.12. The zero-order chi connectivity index (χ0) is 11.4. The van der Waals surface area contributed by atoms with Crippen LogP contribution in [0, 0.1) is 10.7 Å². The van der Waals surface area contributed by atoms with Gasteiger partial charge in [0.05, 0.1) is 4.91 Å². The second kappa shape index (κ2) is 4.36. The molecule has 0 radical (unpaired) electrons. The van der Waals surface area contributed by atoms with E-state index in [1.54, 1.807) is 0 Å². The van der Waals surface area contributed by atoms with E-state index in [9.17, 15) is 9.30 Å². The number of rotatable bonds is 3. The first-order valence-corrected chi connectivity index (χ1v) is 3.89. The number of amidine groups is 1. The van der Waals surface area contributed by atoms with E-state index in [-0.39, 0.29) is 22.0 Å². The fraction of sp³-hybridized carbons (Fsp3) is 0.125. The van der Waals surface area contributed by atoms with Crippen molar-refractivity contribution >= 4 is 11.5 Å².